The van der Waals surface area contributed by atoms with Gasteiger partial charge in [0, 0.05) is 22.0 Å². The molecule has 3 aromatic rings. The van der Waals surface area contributed by atoms with Gasteiger partial charge in [-0.3, -0.25) is 4.79 Å². The second kappa shape index (κ2) is 7.11. The van der Waals surface area contributed by atoms with E-state index in [9.17, 15) is 4.79 Å². The summed E-state index contributed by atoms with van der Waals surface area (Å²) in [7, 11) is 3.23. The van der Waals surface area contributed by atoms with E-state index in [1.165, 1.54) is 11.3 Å². The number of ether oxygens (including phenoxy) is 2. The Labute approximate surface area is 183 Å². The standard InChI is InChI=1S/C21H26N4O3S2/c1-20(2)9-11-14(17(22)26)18(30-16(11)21(3,4)25-20)24-19-23-15-12(28-6)7-10(27-5)8-13(15)29-19/h7-8,25H,9H2,1-6H3,(H2,22,26)(H,23,24). The maximum absolute atomic E-state index is 12.4. The van der Waals surface area contributed by atoms with E-state index in [1.807, 2.05) is 6.07 Å². The van der Waals surface area contributed by atoms with Crippen LogP contribution < -0.4 is 25.8 Å². The number of nitrogens with zero attached hydrogens (tertiary/aromatic N) is 1. The highest BCUT2D eigenvalue weighted by Crippen LogP contribution is 2.46. The third-order valence-electron chi connectivity index (χ3n) is 5.20. The quantitative estimate of drug-likeness (QED) is 0.538. The normalized spacial score (nSPS) is 16.9. The fourth-order valence-electron chi connectivity index (χ4n) is 4.28. The molecule has 3 heterocycles. The molecule has 0 unspecified atom stereocenters. The zero-order valence-electron chi connectivity index (χ0n) is 17.9. The number of carbonyl (C=O) groups excluding carboxylic acids is 1. The second-order valence-electron chi connectivity index (χ2n) is 8.61. The van der Waals surface area contributed by atoms with E-state index >= 15 is 0 Å². The van der Waals surface area contributed by atoms with Crippen molar-refractivity contribution in [3.05, 3.63) is 28.1 Å². The molecule has 30 heavy (non-hydrogen) atoms. The van der Waals surface area contributed by atoms with Crippen molar-refractivity contribution in [2.24, 2.45) is 5.73 Å². The first-order valence-electron chi connectivity index (χ1n) is 9.59. The van der Waals surface area contributed by atoms with Gasteiger partial charge in [0.05, 0.1) is 24.5 Å². The van der Waals surface area contributed by atoms with E-state index in [0.29, 0.717) is 22.2 Å². The minimum Gasteiger partial charge on any atom is -0.497 e. The number of thiazole rings is 1. The molecule has 2 aromatic heterocycles. The van der Waals surface area contributed by atoms with E-state index in [1.54, 1.807) is 31.6 Å². The van der Waals surface area contributed by atoms with Crippen LogP contribution in [0.2, 0.25) is 0 Å². The zero-order valence-corrected chi connectivity index (χ0v) is 19.6. The molecule has 4 rings (SSSR count). The molecule has 1 aliphatic rings. The molecule has 0 radical (unpaired) electrons. The Bertz CT molecular complexity index is 1150. The topological polar surface area (TPSA) is 98.5 Å². The highest BCUT2D eigenvalue weighted by atomic mass is 32.1. The lowest BCUT2D eigenvalue weighted by atomic mass is 9.81. The van der Waals surface area contributed by atoms with Gasteiger partial charge < -0.3 is 25.8 Å². The van der Waals surface area contributed by atoms with Crippen LogP contribution in [0.1, 0.15) is 48.5 Å². The lowest BCUT2D eigenvalue weighted by Gasteiger charge is -2.42. The number of fused-ring (bicyclic) bond motifs is 2. The third kappa shape index (κ3) is 3.51. The first-order chi connectivity index (χ1) is 14.0. The van der Waals surface area contributed by atoms with Crippen LogP contribution in [0.5, 0.6) is 11.5 Å². The monoisotopic (exact) mass is 446 g/mol. The van der Waals surface area contributed by atoms with Crippen molar-refractivity contribution in [2.75, 3.05) is 19.5 Å². The van der Waals surface area contributed by atoms with Crippen LogP contribution in [0.25, 0.3) is 10.2 Å². The fraction of sp³-hybridized carbons (Fsp3) is 0.429. The Morgan fingerprint density at radius 3 is 2.57 bits per heavy atom. The van der Waals surface area contributed by atoms with Crippen molar-refractivity contribution in [1.82, 2.24) is 10.3 Å². The number of thiophene rings is 1. The summed E-state index contributed by atoms with van der Waals surface area (Å²) < 4.78 is 11.8. The number of aromatic nitrogens is 1. The molecule has 1 aliphatic heterocycles. The molecule has 0 saturated carbocycles. The van der Waals surface area contributed by atoms with Gasteiger partial charge in [0.2, 0.25) is 0 Å². The molecule has 0 bridgehead atoms. The Morgan fingerprint density at radius 2 is 1.93 bits per heavy atom. The van der Waals surface area contributed by atoms with E-state index in [-0.39, 0.29) is 11.1 Å². The molecule has 7 nitrogen and oxygen atoms in total. The summed E-state index contributed by atoms with van der Waals surface area (Å²) in [6.45, 7) is 8.54. The lowest BCUT2D eigenvalue weighted by molar-refractivity contribution is 0.0999. The summed E-state index contributed by atoms with van der Waals surface area (Å²) in [6.07, 6.45) is 0.729. The van der Waals surface area contributed by atoms with Gasteiger partial charge in [-0.15, -0.1) is 11.3 Å². The van der Waals surface area contributed by atoms with Gasteiger partial charge in [0.1, 0.15) is 22.0 Å². The molecule has 1 aromatic carbocycles. The van der Waals surface area contributed by atoms with Crippen LogP contribution in [0.3, 0.4) is 0 Å². The molecular weight excluding hydrogens is 420 g/mol. The van der Waals surface area contributed by atoms with Crippen molar-refractivity contribution in [3.8, 4) is 11.5 Å². The van der Waals surface area contributed by atoms with E-state index in [0.717, 1.165) is 32.1 Å². The lowest BCUT2D eigenvalue weighted by Crippen LogP contribution is -2.55. The van der Waals surface area contributed by atoms with Crippen LogP contribution in [0, 0.1) is 0 Å². The summed E-state index contributed by atoms with van der Waals surface area (Å²) in [5.74, 6) is 0.916. The molecule has 0 atom stereocenters. The van der Waals surface area contributed by atoms with Gasteiger partial charge >= 0.3 is 0 Å². The van der Waals surface area contributed by atoms with Crippen molar-refractivity contribution in [1.29, 1.82) is 0 Å². The van der Waals surface area contributed by atoms with E-state index in [4.69, 9.17) is 20.2 Å². The molecule has 0 aliphatic carbocycles. The smallest absolute Gasteiger partial charge is 0.251 e. The van der Waals surface area contributed by atoms with Gasteiger partial charge in [-0.2, -0.15) is 0 Å². The number of rotatable bonds is 5. The Balaban J connectivity index is 1.81. The summed E-state index contributed by atoms with van der Waals surface area (Å²) in [5, 5.41) is 8.42. The minimum absolute atomic E-state index is 0.140. The Kier molecular flexibility index (Phi) is 4.95. The number of primary amides is 1. The number of carbonyl (C=O) groups is 1. The Morgan fingerprint density at radius 1 is 1.20 bits per heavy atom. The molecule has 4 N–H and O–H groups in total. The number of amides is 1. The average molecular weight is 447 g/mol. The number of benzene rings is 1. The number of anilines is 2. The molecular formula is C21H26N4O3S2. The summed E-state index contributed by atoms with van der Waals surface area (Å²) in [6, 6.07) is 3.73. The molecule has 0 fully saturated rings. The van der Waals surface area contributed by atoms with Crippen LogP contribution in [-0.4, -0.2) is 30.6 Å². The first-order valence-corrected chi connectivity index (χ1v) is 11.2. The number of hydrogen-bond acceptors (Lipinski definition) is 8. The summed E-state index contributed by atoms with van der Waals surface area (Å²) in [4.78, 5) is 18.3. The highest BCUT2D eigenvalue weighted by molar-refractivity contribution is 7.23. The molecule has 0 spiro atoms. The maximum atomic E-state index is 12.4. The van der Waals surface area contributed by atoms with Gasteiger partial charge in [-0.1, -0.05) is 11.3 Å². The van der Waals surface area contributed by atoms with Gasteiger partial charge in [0.15, 0.2) is 5.13 Å². The van der Waals surface area contributed by atoms with Gasteiger partial charge in [-0.05, 0) is 45.7 Å². The van der Waals surface area contributed by atoms with Crippen molar-refractivity contribution in [3.63, 3.8) is 0 Å². The zero-order chi connectivity index (χ0) is 21.8. The molecule has 0 saturated heterocycles. The SMILES string of the molecule is COc1cc(OC)c2nc(Nc3sc4c(c3C(N)=O)CC(C)(C)NC4(C)C)sc2c1. The number of nitrogens with two attached hydrogens (primary N) is 1. The van der Waals surface area contributed by atoms with Crippen LogP contribution in [0.4, 0.5) is 10.1 Å². The fourth-order valence-corrected chi connectivity index (χ4v) is 6.54. The van der Waals surface area contributed by atoms with Crippen LogP contribution in [-0.2, 0) is 12.0 Å². The minimum atomic E-state index is -0.427. The van der Waals surface area contributed by atoms with Gasteiger partial charge in [0.25, 0.3) is 5.91 Å². The highest BCUT2D eigenvalue weighted by Gasteiger charge is 2.41. The number of methoxy groups -OCH3 is 2. The third-order valence-corrected chi connectivity index (χ3v) is 7.59. The predicted octanol–water partition coefficient (Wildman–Crippen LogP) is 4.38. The first kappa shape index (κ1) is 20.9. The Hall–Kier alpha value is -2.36. The van der Waals surface area contributed by atoms with E-state index < -0.39 is 5.91 Å². The van der Waals surface area contributed by atoms with Crippen LogP contribution >= 0.6 is 22.7 Å². The van der Waals surface area contributed by atoms with Crippen LogP contribution in [0.15, 0.2) is 12.1 Å². The number of nitrogens with one attached hydrogen (secondary N) is 2. The summed E-state index contributed by atoms with van der Waals surface area (Å²) in [5.41, 5.74) is 7.74. The molecule has 1 amide bonds. The largest absolute Gasteiger partial charge is 0.497 e. The van der Waals surface area contributed by atoms with Crippen molar-refractivity contribution < 1.29 is 14.3 Å². The van der Waals surface area contributed by atoms with E-state index in [2.05, 4.69) is 38.3 Å². The predicted molar refractivity (Wildman–Crippen MR) is 123 cm³/mol. The van der Waals surface area contributed by atoms with Crippen molar-refractivity contribution >= 4 is 48.9 Å². The second-order valence-corrected chi connectivity index (χ2v) is 10.7. The average Bonchev–Trinajstić information content (AvgIpc) is 3.20. The maximum Gasteiger partial charge on any atom is 0.251 e. The van der Waals surface area contributed by atoms with Crippen molar-refractivity contribution in [2.45, 2.75) is 45.2 Å². The summed E-state index contributed by atoms with van der Waals surface area (Å²) >= 11 is 3.03. The molecule has 160 valence electrons. The number of hydrogen-bond donors (Lipinski definition) is 3. The molecule has 9 heteroatoms. The van der Waals surface area contributed by atoms with Gasteiger partial charge in [-0.25, -0.2) is 4.98 Å².